The third kappa shape index (κ3) is 3.20. The number of hydrogen-bond acceptors (Lipinski definition) is 0. The van der Waals surface area contributed by atoms with Crippen molar-refractivity contribution in [3.8, 4) is 0 Å². The van der Waals surface area contributed by atoms with Gasteiger partial charge in [-0.2, -0.15) is 0 Å². The smallest absolute Gasteiger partial charge is 0.00945 e. The molecule has 2 aliphatic rings. The lowest BCUT2D eigenvalue weighted by Gasteiger charge is -1.82. The fraction of sp³-hybridized carbons (Fsp3) is 0.167. The second-order valence-corrected chi connectivity index (χ2v) is 2.67. The summed E-state index contributed by atoms with van der Waals surface area (Å²) in [6, 6.07) is 0. The van der Waals surface area contributed by atoms with Crippen LogP contribution in [-0.4, -0.2) is 0 Å². The topological polar surface area (TPSA) is 0 Å². The Hall–Kier alpha value is -1.30. The Morgan fingerprint density at radius 2 is 1.83 bits per heavy atom. The van der Waals surface area contributed by atoms with E-state index in [0.717, 1.165) is 12.8 Å². The summed E-state index contributed by atoms with van der Waals surface area (Å²) >= 11 is 0. The van der Waals surface area contributed by atoms with Crippen molar-refractivity contribution in [2.45, 2.75) is 12.8 Å². The molecule has 2 rings (SSSR count). The third-order valence-electron chi connectivity index (χ3n) is 1.72. The predicted octanol–water partition coefficient (Wildman–Crippen LogP) is 3.56. The molecule has 0 radical (unpaired) electrons. The van der Waals surface area contributed by atoms with Crippen LogP contribution in [0.4, 0.5) is 0 Å². The Bertz CT molecular complexity index is 239. The fourth-order valence-electron chi connectivity index (χ4n) is 1.01. The van der Waals surface area contributed by atoms with E-state index in [2.05, 4.69) is 49.1 Å². The van der Waals surface area contributed by atoms with Crippen LogP contribution in [0.2, 0.25) is 0 Å². The largest absolute Gasteiger partial charge is 0.0988 e. The first-order valence-corrected chi connectivity index (χ1v) is 4.23. The Balaban J connectivity index is 0.000000127. The summed E-state index contributed by atoms with van der Waals surface area (Å²) in [6.07, 6.45) is 18.7. The predicted molar refractivity (Wildman–Crippen MR) is 54.9 cm³/mol. The van der Waals surface area contributed by atoms with Gasteiger partial charge in [-0.1, -0.05) is 55.2 Å². The molecule has 0 unspecified atom stereocenters. The Morgan fingerprint density at radius 1 is 1.08 bits per heavy atom. The van der Waals surface area contributed by atoms with Gasteiger partial charge in [0.1, 0.15) is 0 Å². The Kier molecular flexibility index (Phi) is 3.93. The maximum absolute atomic E-state index is 3.63. The summed E-state index contributed by atoms with van der Waals surface area (Å²) in [4.78, 5) is 0. The number of rotatable bonds is 1. The summed E-state index contributed by atoms with van der Waals surface area (Å²) in [5, 5.41) is 0. The number of allylic oxidation sites excluding steroid dienone is 9. The van der Waals surface area contributed by atoms with Crippen LogP contribution in [0.5, 0.6) is 0 Å². The molecule has 0 nitrogen and oxygen atoms in total. The van der Waals surface area contributed by atoms with Gasteiger partial charge in [0, 0.05) is 0 Å². The second-order valence-electron chi connectivity index (χ2n) is 2.67. The van der Waals surface area contributed by atoms with Crippen molar-refractivity contribution >= 4 is 0 Å². The highest BCUT2D eigenvalue weighted by atomic mass is 13.9. The summed E-state index contributed by atoms with van der Waals surface area (Å²) in [5.41, 5.74) is 1.32. The van der Waals surface area contributed by atoms with Crippen LogP contribution in [-0.2, 0) is 0 Å². The van der Waals surface area contributed by atoms with Crippen LogP contribution in [0.25, 0.3) is 0 Å². The molecule has 0 heterocycles. The normalized spacial score (nSPS) is 17.2. The first-order valence-electron chi connectivity index (χ1n) is 4.23. The van der Waals surface area contributed by atoms with Crippen LogP contribution >= 0.6 is 0 Å². The van der Waals surface area contributed by atoms with Crippen molar-refractivity contribution in [2.24, 2.45) is 0 Å². The van der Waals surface area contributed by atoms with Gasteiger partial charge >= 0.3 is 0 Å². The van der Waals surface area contributed by atoms with Gasteiger partial charge in [-0.3, -0.25) is 0 Å². The van der Waals surface area contributed by atoms with E-state index in [9.17, 15) is 0 Å². The van der Waals surface area contributed by atoms with Gasteiger partial charge < -0.3 is 0 Å². The molecule has 0 aromatic rings. The van der Waals surface area contributed by atoms with Crippen LogP contribution in [0.3, 0.4) is 0 Å². The Morgan fingerprint density at radius 3 is 2.08 bits per heavy atom. The molecule has 0 aromatic carbocycles. The van der Waals surface area contributed by atoms with E-state index in [1.165, 1.54) is 5.57 Å². The quantitative estimate of drug-likeness (QED) is 0.547. The highest BCUT2D eigenvalue weighted by Gasteiger charge is 1.89. The first kappa shape index (κ1) is 8.79. The molecule has 0 aliphatic heterocycles. The van der Waals surface area contributed by atoms with E-state index in [0.29, 0.717) is 0 Å². The highest BCUT2D eigenvalue weighted by Crippen LogP contribution is 2.09. The van der Waals surface area contributed by atoms with Crippen molar-refractivity contribution in [1.29, 1.82) is 0 Å². The SMILES string of the molecule is C1=CCC=C1.C=CC1=CC=CC1. The maximum atomic E-state index is 3.63. The number of hydrogen-bond donors (Lipinski definition) is 0. The average molecular weight is 158 g/mol. The molecule has 0 amide bonds. The van der Waals surface area contributed by atoms with Gasteiger partial charge in [-0.15, -0.1) is 0 Å². The lowest BCUT2D eigenvalue weighted by atomic mass is 10.2. The van der Waals surface area contributed by atoms with Crippen LogP contribution in [0.15, 0.2) is 60.8 Å². The minimum Gasteiger partial charge on any atom is -0.0988 e. The molecular weight excluding hydrogens is 144 g/mol. The van der Waals surface area contributed by atoms with Crippen LogP contribution in [0, 0.1) is 0 Å². The van der Waals surface area contributed by atoms with Gasteiger partial charge in [-0.05, 0) is 18.4 Å². The molecule has 0 spiro atoms. The van der Waals surface area contributed by atoms with E-state index in [1.807, 2.05) is 6.08 Å². The van der Waals surface area contributed by atoms with E-state index < -0.39 is 0 Å². The summed E-state index contributed by atoms with van der Waals surface area (Å²) < 4.78 is 0. The van der Waals surface area contributed by atoms with E-state index in [4.69, 9.17) is 0 Å². The minimum absolute atomic E-state index is 1.07. The van der Waals surface area contributed by atoms with E-state index in [1.54, 1.807) is 0 Å². The van der Waals surface area contributed by atoms with Gasteiger partial charge in [0.15, 0.2) is 0 Å². The molecule has 12 heavy (non-hydrogen) atoms. The zero-order valence-corrected chi connectivity index (χ0v) is 7.24. The standard InChI is InChI=1S/C7H8.C5H6/c1-2-7-5-3-4-6-7;1-2-4-5-3-1/h2-5H,1,6H2;1-4H,5H2. The summed E-state index contributed by atoms with van der Waals surface area (Å²) in [6.45, 7) is 3.63. The van der Waals surface area contributed by atoms with Crippen molar-refractivity contribution in [2.75, 3.05) is 0 Å². The molecule has 0 fully saturated rings. The molecule has 2 aliphatic carbocycles. The van der Waals surface area contributed by atoms with E-state index in [-0.39, 0.29) is 0 Å². The van der Waals surface area contributed by atoms with Crippen molar-refractivity contribution in [3.63, 3.8) is 0 Å². The highest BCUT2D eigenvalue weighted by molar-refractivity contribution is 5.30. The molecule has 62 valence electrons. The lowest BCUT2D eigenvalue weighted by molar-refractivity contribution is 1.34. The van der Waals surface area contributed by atoms with Crippen LogP contribution < -0.4 is 0 Å². The maximum Gasteiger partial charge on any atom is -0.00945 e. The molecular formula is C12H14. The fourth-order valence-corrected chi connectivity index (χ4v) is 1.01. The van der Waals surface area contributed by atoms with Gasteiger partial charge in [-0.25, -0.2) is 0 Å². The molecule has 0 atom stereocenters. The van der Waals surface area contributed by atoms with Gasteiger partial charge in [0.05, 0.1) is 0 Å². The molecule has 0 saturated heterocycles. The van der Waals surface area contributed by atoms with Crippen molar-refractivity contribution in [1.82, 2.24) is 0 Å². The van der Waals surface area contributed by atoms with Crippen molar-refractivity contribution < 1.29 is 0 Å². The molecule has 0 aromatic heterocycles. The summed E-state index contributed by atoms with van der Waals surface area (Å²) in [5.74, 6) is 0. The minimum atomic E-state index is 1.07. The van der Waals surface area contributed by atoms with E-state index >= 15 is 0 Å². The summed E-state index contributed by atoms with van der Waals surface area (Å²) in [7, 11) is 0. The Labute approximate surface area is 74.3 Å². The van der Waals surface area contributed by atoms with Crippen LogP contribution in [0.1, 0.15) is 12.8 Å². The second kappa shape index (κ2) is 5.36. The lowest BCUT2D eigenvalue weighted by Crippen LogP contribution is -1.62. The first-order chi connectivity index (χ1) is 5.93. The monoisotopic (exact) mass is 158 g/mol. The van der Waals surface area contributed by atoms with Gasteiger partial charge in [0.25, 0.3) is 0 Å². The zero-order chi connectivity index (χ0) is 8.65. The zero-order valence-electron chi connectivity index (χ0n) is 7.24. The molecule has 0 bridgehead atoms. The van der Waals surface area contributed by atoms with Gasteiger partial charge in [0.2, 0.25) is 0 Å². The van der Waals surface area contributed by atoms with Crippen molar-refractivity contribution in [3.05, 3.63) is 60.8 Å². The molecule has 0 N–H and O–H groups in total. The average Bonchev–Trinajstić information content (AvgIpc) is 2.81. The molecule has 0 saturated carbocycles. The third-order valence-corrected chi connectivity index (χ3v) is 1.72. The molecule has 0 heteroatoms.